The van der Waals surface area contributed by atoms with Crippen molar-refractivity contribution in [1.82, 2.24) is 4.31 Å². The third-order valence-electron chi connectivity index (χ3n) is 5.69. The smallest absolute Gasteiger partial charge is 0.307 e. The number of carbonyl (C=O) groups is 1. The van der Waals surface area contributed by atoms with E-state index >= 15 is 0 Å². The van der Waals surface area contributed by atoms with Crippen LogP contribution in [0, 0.1) is 12.7 Å². The van der Waals surface area contributed by atoms with Crippen molar-refractivity contribution < 1.29 is 32.0 Å². The van der Waals surface area contributed by atoms with Gasteiger partial charge in [0.2, 0.25) is 0 Å². The van der Waals surface area contributed by atoms with E-state index < -0.39 is 28.7 Å². The fourth-order valence-corrected chi connectivity index (χ4v) is 5.02. The molecule has 1 atom stereocenters. The van der Waals surface area contributed by atoms with Crippen LogP contribution in [0.15, 0.2) is 53.4 Å². The molecule has 3 aromatic carbocycles. The fourth-order valence-electron chi connectivity index (χ4n) is 3.84. The third-order valence-corrected chi connectivity index (χ3v) is 7.20. The van der Waals surface area contributed by atoms with Gasteiger partial charge in [0.05, 0.1) is 11.3 Å². The summed E-state index contributed by atoms with van der Waals surface area (Å²) in [5.74, 6) is -3.42. The quantitative estimate of drug-likeness (QED) is 0.512. The van der Waals surface area contributed by atoms with Crippen LogP contribution in [0.4, 0.5) is 13.2 Å². The molecule has 0 radical (unpaired) electrons. The Morgan fingerprint density at radius 1 is 1.12 bits per heavy atom. The van der Waals surface area contributed by atoms with Crippen LogP contribution in [0.3, 0.4) is 0 Å². The number of piperidine rings is 1. The zero-order valence-electron chi connectivity index (χ0n) is 17.8. The number of rotatable bonds is 6. The lowest BCUT2D eigenvalue weighted by atomic mass is 9.98. The van der Waals surface area contributed by atoms with E-state index in [9.17, 15) is 27.3 Å². The molecule has 0 spiro atoms. The van der Waals surface area contributed by atoms with Crippen LogP contribution in [0.1, 0.15) is 24.0 Å². The van der Waals surface area contributed by atoms with Crippen molar-refractivity contribution in [3.8, 4) is 11.5 Å². The van der Waals surface area contributed by atoms with Gasteiger partial charge >= 0.3 is 5.97 Å². The highest BCUT2D eigenvalue weighted by Gasteiger charge is 2.36. The maximum absolute atomic E-state index is 13.9. The first kappa shape index (κ1) is 23.3. The van der Waals surface area contributed by atoms with Crippen LogP contribution >= 0.6 is 0 Å². The largest absolute Gasteiger partial charge is 0.481 e. The topological polar surface area (TPSA) is 66.8 Å². The molecule has 0 amide bonds. The number of fused-ring (bicyclic) bond motifs is 1. The number of hydrogen-bond acceptors (Lipinski definition) is 3. The van der Waals surface area contributed by atoms with Crippen LogP contribution in [0.2, 0.25) is 0 Å². The fraction of sp³-hybridized carbons (Fsp3) is 0.292. The van der Waals surface area contributed by atoms with Crippen LogP contribution in [0.5, 0.6) is 11.5 Å². The van der Waals surface area contributed by atoms with E-state index in [4.69, 9.17) is 4.74 Å². The number of ether oxygens (including phenoxy) is 1. The van der Waals surface area contributed by atoms with Gasteiger partial charge in [0.25, 0.3) is 5.92 Å². The Morgan fingerprint density at radius 3 is 2.42 bits per heavy atom. The predicted octanol–water partition coefficient (Wildman–Crippen LogP) is 5.46. The van der Waals surface area contributed by atoms with Gasteiger partial charge in [-0.3, -0.25) is 4.79 Å². The minimum absolute atomic E-state index is 0.0466. The highest BCUT2D eigenvalue weighted by atomic mass is 32.2. The first-order valence-electron chi connectivity index (χ1n) is 10.4. The lowest BCUT2D eigenvalue weighted by molar-refractivity contribution is -0.136. The Hall–Kier alpha value is -2.91. The molecular weight excluding hydrogens is 455 g/mol. The molecule has 4 rings (SSSR count). The Morgan fingerprint density at radius 2 is 1.79 bits per heavy atom. The summed E-state index contributed by atoms with van der Waals surface area (Å²) in [6, 6.07) is 12.3. The van der Waals surface area contributed by atoms with Gasteiger partial charge in [0.1, 0.15) is 28.3 Å². The number of alkyl halides is 2. The van der Waals surface area contributed by atoms with E-state index in [1.54, 1.807) is 43.3 Å². The average molecular weight is 478 g/mol. The zero-order chi connectivity index (χ0) is 23.8. The summed E-state index contributed by atoms with van der Waals surface area (Å²) in [6.45, 7) is 1.81. The molecular formula is C24H22F3NO4S. The van der Waals surface area contributed by atoms with E-state index in [-0.39, 0.29) is 32.4 Å². The number of halogens is 3. The van der Waals surface area contributed by atoms with Crippen LogP contribution in [0.25, 0.3) is 10.8 Å². The molecule has 1 aliphatic heterocycles. The molecule has 174 valence electrons. The molecule has 0 saturated carbocycles. The molecule has 3 aromatic rings. The Bertz CT molecular complexity index is 1220. The van der Waals surface area contributed by atoms with Crippen molar-refractivity contribution in [2.45, 2.75) is 37.0 Å². The lowest BCUT2D eigenvalue weighted by Gasteiger charge is -2.30. The second-order valence-electron chi connectivity index (χ2n) is 8.03. The molecule has 33 heavy (non-hydrogen) atoms. The monoisotopic (exact) mass is 477 g/mol. The maximum Gasteiger partial charge on any atom is 0.307 e. The first-order valence-corrected chi connectivity index (χ1v) is 11.5. The number of nitrogens with zero attached hydrogens (tertiary/aromatic N) is 1. The van der Waals surface area contributed by atoms with Gasteiger partial charge in [-0.05, 0) is 59.8 Å². The Labute approximate surface area is 191 Å². The molecule has 1 fully saturated rings. The van der Waals surface area contributed by atoms with Crippen molar-refractivity contribution in [2.24, 2.45) is 0 Å². The average Bonchev–Trinajstić information content (AvgIpc) is 2.77. The maximum atomic E-state index is 13.9. The minimum atomic E-state index is -2.71. The van der Waals surface area contributed by atoms with Gasteiger partial charge < -0.3 is 9.84 Å². The van der Waals surface area contributed by atoms with Gasteiger partial charge in [-0.2, -0.15) is 0 Å². The Kier molecular flexibility index (Phi) is 6.45. The Balaban J connectivity index is 1.60. The summed E-state index contributed by atoms with van der Waals surface area (Å²) in [7, 11) is -1.57. The van der Waals surface area contributed by atoms with E-state index in [1.807, 2.05) is 0 Å². The van der Waals surface area contributed by atoms with Crippen LogP contribution < -0.4 is 4.74 Å². The minimum Gasteiger partial charge on any atom is -0.481 e. The summed E-state index contributed by atoms with van der Waals surface area (Å²) in [6.07, 6.45) is -0.854. The molecule has 1 unspecified atom stereocenters. The summed E-state index contributed by atoms with van der Waals surface area (Å²) >= 11 is 0. The summed E-state index contributed by atoms with van der Waals surface area (Å²) in [5, 5.41) is 10.4. The van der Waals surface area contributed by atoms with Crippen molar-refractivity contribution in [3.05, 3.63) is 65.5 Å². The summed E-state index contributed by atoms with van der Waals surface area (Å²) in [5.41, 5.74) is 1.13. The molecule has 0 bridgehead atoms. The van der Waals surface area contributed by atoms with Crippen LogP contribution in [-0.4, -0.2) is 38.6 Å². The van der Waals surface area contributed by atoms with Gasteiger partial charge in [0, 0.05) is 31.3 Å². The molecule has 0 aliphatic carbocycles. The lowest BCUT2D eigenvalue weighted by Crippen LogP contribution is -2.40. The van der Waals surface area contributed by atoms with E-state index in [0.717, 1.165) is 0 Å². The second kappa shape index (κ2) is 9.15. The van der Waals surface area contributed by atoms with Gasteiger partial charge in [-0.25, -0.2) is 21.7 Å². The molecule has 1 saturated heterocycles. The first-order chi connectivity index (χ1) is 15.6. The van der Waals surface area contributed by atoms with Crippen molar-refractivity contribution in [2.75, 3.05) is 13.1 Å². The van der Waals surface area contributed by atoms with Crippen molar-refractivity contribution in [3.63, 3.8) is 0 Å². The summed E-state index contributed by atoms with van der Waals surface area (Å²) in [4.78, 5) is 11.7. The SMILES string of the molecule is Cc1c(CC(=O)O)cc2ccc(F)cc2c1Oc1ccc(S(=O)N2CCC(F)(F)CC2)cc1. The molecule has 1 aliphatic rings. The molecule has 5 nitrogen and oxygen atoms in total. The predicted molar refractivity (Wildman–Crippen MR) is 119 cm³/mol. The number of carboxylic acid groups (broad SMARTS) is 1. The van der Waals surface area contributed by atoms with Crippen molar-refractivity contribution >= 4 is 27.7 Å². The van der Waals surface area contributed by atoms with Gasteiger partial charge in [-0.15, -0.1) is 0 Å². The summed E-state index contributed by atoms with van der Waals surface area (Å²) < 4.78 is 61.0. The number of carboxylic acids is 1. The standard InChI is InChI=1S/C24H22F3NO4S/c1-15-17(13-22(29)30)12-16-2-3-18(25)14-21(16)23(15)32-19-4-6-20(7-5-19)33(31)28-10-8-24(26,27)9-11-28/h2-7,12,14H,8-11,13H2,1H3,(H,29,30). The molecule has 1 N–H and O–H groups in total. The number of hydrogen-bond donors (Lipinski definition) is 1. The zero-order valence-corrected chi connectivity index (χ0v) is 18.6. The van der Waals surface area contributed by atoms with E-state index in [0.29, 0.717) is 38.3 Å². The van der Waals surface area contributed by atoms with Crippen LogP contribution in [-0.2, 0) is 22.2 Å². The highest BCUT2D eigenvalue weighted by Crippen LogP contribution is 2.37. The normalized spacial score (nSPS) is 17.1. The van der Waals surface area contributed by atoms with Crippen molar-refractivity contribution in [1.29, 1.82) is 0 Å². The van der Waals surface area contributed by atoms with E-state index in [1.165, 1.54) is 16.4 Å². The number of aliphatic carboxylic acids is 1. The van der Waals surface area contributed by atoms with Gasteiger partial charge in [-0.1, -0.05) is 12.1 Å². The number of benzene rings is 3. The van der Waals surface area contributed by atoms with Gasteiger partial charge in [0.15, 0.2) is 0 Å². The molecule has 0 aromatic heterocycles. The third kappa shape index (κ3) is 5.20. The second-order valence-corrected chi connectivity index (χ2v) is 9.52. The highest BCUT2D eigenvalue weighted by molar-refractivity contribution is 7.82. The van der Waals surface area contributed by atoms with E-state index in [2.05, 4.69) is 0 Å². The molecule has 1 heterocycles. The molecule has 9 heteroatoms.